The molecule has 1 unspecified atom stereocenters. The van der Waals surface area contributed by atoms with Gasteiger partial charge in [0.2, 0.25) is 11.8 Å². The Labute approximate surface area is 167 Å². The highest BCUT2D eigenvalue weighted by Crippen LogP contribution is 2.24. The normalized spacial score (nSPS) is 17.6. The first-order valence-electron chi connectivity index (χ1n) is 7.98. The van der Waals surface area contributed by atoms with Crippen LogP contribution in [0.5, 0.6) is 0 Å². The van der Waals surface area contributed by atoms with Crippen LogP contribution in [0.4, 0.5) is 0 Å². The van der Waals surface area contributed by atoms with Crippen molar-refractivity contribution in [3.05, 3.63) is 33.8 Å². The Kier molecular flexibility index (Phi) is 7.63. The quantitative estimate of drug-likeness (QED) is 0.733. The lowest BCUT2D eigenvalue weighted by Crippen LogP contribution is -2.52. The maximum atomic E-state index is 12.3. The predicted molar refractivity (Wildman–Crippen MR) is 105 cm³/mol. The molecule has 1 fully saturated rings. The number of thioether (sulfide) groups is 1. The van der Waals surface area contributed by atoms with E-state index in [1.165, 1.54) is 16.7 Å². The highest BCUT2D eigenvalue weighted by atomic mass is 35.5. The van der Waals surface area contributed by atoms with Crippen molar-refractivity contribution in [3.8, 4) is 0 Å². The summed E-state index contributed by atoms with van der Waals surface area (Å²) in [4.78, 5) is 25.8. The molecule has 0 aliphatic carbocycles. The first-order valence-corrected chi connectivity index (χ1v) is 11.7. The summed E-state index contributed by atoms with van der Waals surface area (Å²) in [7, 11) is -3.05. The number of carbonyl (C=O) groups excluding carboxylic acids is 2. The number of hydrogen-bond acceptors (Lipinski definition) is 5. The zero-order chi connectivity index (χ0) is 19.3. The van der Waals surface area contributed by atoms with Gasteiger partial charge in [0.1, 0.15) is 6.04 Å². The molecule has 1 heterocycles. The topological polar surface area (TPSA) is 83.6 Å². The molecule has 1 aromatic carbocycles. The molecule has 6 nitrogen and oxygen atoms in total. The van der Waals surface area contributed by atoms with Crippen molar-refractivity contribution in [3.63, 3.8) is 0 Å². The number of carbonyl (C=O) groups is 2. The second-order valence-corrected chi connectivity index (χ2v) is 10.1. The van der Waals surface area contributed by atoms with E-state index in [0.29, 0.717) is 15.8 Å². The summed E-state index contributed by atoms with van der Waals surface area (Å²) < 4.78 is 22.8. The molecule has 1 atom stereocenters. The number of rotatable bonds is 6. The summed E-state index contributed by atoms with van der Waals surface area (Å²) in [6.07, 6.45) is 0. The van der Waals surface area contributed by atoms with Gasteiger partial charge in [0, 0.05) is 28.9 Å². The highest BCUT2D eigenvalue weighted by Gasteiger charge is 2.28. The monoisotopic (exact) mass is 438 g/mol. The molecule has 0 aromatic heterocycles. The summed E-state index contributed by atoms with van der Waals surface area (Å²) in [5.74, 6) is 0.152. The van der Waals surface area contributed by atoms with Gasteiger partial charge in [0.25, 0.3) is 0 Å². The molecule has 0 saturated carbocycles. The SMILES string of the molecule is CC(NC(=O)CSCc1ccc(Cl)cc1Cl)C(=O)N1CCS(=O)(=O)CC1. The molecule has 0 spiro atoms. The third kappa shape index (κ3) is 6.33. The summed E-state index contributed by atoms with van der Waals surface area (Å²) >= 11 is 13.3. The molecule has 2 amide bonds. The third-order valence-corrected chi connectivity index (χ3v) is 7.09. The minimum absolute atomic E-state index is 0.0306. The zero-order valence-electron chi connectivity index (χ0n) is 14.2. The van der Waals surface area contributed by atoms with Crippen LogP contribution in [-0.2, 0) is 25.2 Å². The van der Waals surface area contributed by atoms with Crippen LogP contribution in [0.3, 0.4) is 0 Å². The minimum atomic E-state index is -3.05. The van der Waals surface area contributed by atoms with Gasteiger partial charge in [0.05, 0.1) is 17.3 Å². The van der Waals surface area contributed by atoms with E-state index in [2.05, 4.69) is 5.32 Å². The van der Waals surface area contributed by atoms with Crippen molar-refractivity contribution in [1.29, 1.82) is 0 Å². The van der Waals surface area contributed by atoms with Crippen LogP contribution < -0.4 is 5.32 Å². The van der Waals surface area contributed by atoms with Gasteiger partial charge in [-0.2, -0.15) is 0 Å². The zero-order valence-corrected chi connectivity index (χ0v) is 17.3. The van der Waals surface area contributed by atoms with Crippen molar-refractivity contribution in [2.24, 2.45) is 0 Å². The van der Waals surface area contributed by atoms with Crippen molar-refractivity contribution >= 4 is 56.6 Å². The predicted octanol–water partition coefficient (Wildman–Crippen LogP) is 1.99. The molecule has 26 heavy (non-hydrogen) atoms. The van der Waals surface area contributed by atoms with E-state index in [4.69, 9.17) is 23.2 Å². The second kappa shape index (κ2) is 9.30. The number of sulfone groups is 1. The van der Waals surface area contributed by atoms with Crippen LogP contribution >= 0.6 is 35.0 Å². The van der Waals surface area contributed by atoms with Crippen molar-refractivity contribution < 1.29 is 18.0 Å². The number of nitrogens with zero attached hydrogens (tertiary/aromatic N) is 1. The maximum Gasteiger partial charge on any atom is 0.244 e. The number of hydrogen-bond donors (Lipinski definition) is 1. The van der Waals surface area contributed by atoms with E-state index in [9.17, 15) is 18.0 Å². The summed E-state index contributed by atoms with van der Waals surface area (Å²) in [5.41, 5.74) is 0.882. The van der Waals surface area contributed by atoms with Crippen LogP contribution in [0.2, 0.25) is 10.0 Å². The van der Waals surface area contributed by atoms with Crippen LogP contribution in [0.25, 0.3) is 0 Å². The number of amides is 2. The fourth-order valence-corrected chi connectivity index (χ4v) is 5.04. The van der Waals surface area contributed by atoms with Crippen LogP contribution in [0.1, 0.15) is 12.5 Å². The Morgan fingerprint density at radius 1 is 1.27 bits per heavy atom. The Bertz CT molecular complexity index is 772. The van der Waals surface area contributed by atoms with Gasteiger partial charge in [-0.25, -0.2) is 8.42 Å². The van der Waals surface area contributed by atoms with Gasteiger partial charge in [0.15, 0.2) is 9.84 Å². The molecule has 0 radical (unpaired) electrons. The lowest BCUT2D eigenvalue weighted by Gasteiger charge is -2.29. The van der Waals surface area contributed by atoms with Crippen molar-refractivity contribution in [2.75, 3.05) is 30.3 Å². The minimum Gasteiger partial charge on any atom is -0.344 e. The Morgan fingerprint density at radius 3 is 2.54 bits per heavy atom. The molecule has 1 saturated heterocycles. The molecule has 144 valence electrons. The van der Waals surface area contributed by atoms with E-state index in [1.807, 2.05) is 6.07 Å². The Hall–Kier alpha value is -0.960. The standard InChI is InChI=1S/C16H20Cl2N2O4S2/c1-11(16(22)20-4-6-26(23,24)7-5-20)19-15(21)10-25-9-12-2-3-13(17)8-14(12)18/h2-3,8,11H,4-7,9-10H2,1H3,(H,19,21). The van der Waals surface area contributed by atoms with E-state index < -0.39 is 15.9 Å². The molecule has 0 bridgehead atoms. The number of nitrogens with one attached hydrogen (secondary N) is 1. The highest BCUT2D eigenvalue weighted by molar-refractivity contribution is 7.99. The van der Waals surface area contributed by atoms with E-state index in [1.54, 1.807) is 19.1 Å². The van der Waals surface area contributed by atoms with Crippen molar-refractivity contribution in [2.45, 2.75) is 18.7 Å². The lowest BCUT2D eigenvalue weighted by molar-refractivity contribution is -0.135. The largest absolute Gasteiger partial charge is 0.344 e. The number of halogens is 2. The van der Waals surface area contributed by atoms with Crippen LogP contribution in [-0.4, -0.2) is 61.5 Å². The average Bonchev–Trinajstić information content (AvgIpc) is 2.56. The van der Waals surface area contributed by atoms with E-state index >= 15 is 0 Å². The molecule has 10 heteroatoms. The van der Waals surface area contributed by atoms with Crippen LogP contribution in [0.15, 0.2) is 18.2 Å². The Morgan fingerprint density at radius 2 is 1.92 bits per heavy atom. The smallest absolute Gasteiger partial charge is 0.244 e. The fraction of sp³-hybridized carbons (Fsp3) is 0.500. The average molecular weight is 439 g/mol. The van der Waals surface area contributed by atoms with Crippen molar-refractivity contribution in [1.82, 2.24) is 10.2 Å². The Balaban J connectivity index is 1.75. The van der Waals surface area contributed by atoms with Gasteiger partial charge in [-0.3, -0.25) is 9.59 Å². The van der Waals surface area contributed by atoms with Gasteiger partial charge in [-0.15, -0.1) is 11.8 Å². The van der Waals surface area contributed by atoms with Gasteiger partial charge in [-0.1, -0.05) is 29.3 Å². The van der Waals surface area contributed by atoms with E-state index in [0.717, 1.165) is 5.56 Å². The summed E-state index contributed by atoms with van der Waals surface area (Å²) in [6.45, 7) is 1.94. The van der Waals surface area contributed by atoms with Crippen LogP contribution in [0, 0.1) is 0 Å². The first-order chi connectivity index (χ1) is 12.2. The number of benzene rings is 1. The maximum absolute atomic E-state index is 12.3. The fourth-order valence-electron chi connectivity index (χ4n) is 2.44. The third-order valence-electron chi connectivity index (χ3n) is 3.91. The first kappa shape index (κ1) is 21.3. The molecule has 2 rings (SSSR count). The van der Waals surface area contributed by atoms with Gasteiger partial charge < -0.3 is 10.2 Å². The van der Waals surface area contributed by atoms with Gasteiger partial charge in [-0.05, 0) is 24.6 Å². The van der Waals surface area contributed by atoms with Gasteiger partial charge >= 0.3 is 0 Å². The summed E-state index contributed by atoms with van der Waals surface area (Å²) in [5, 5.41) is 3.76. The molecule has 1 aliphatic rings. The summed E-state index contributed by atoms with van der Waals surface area (Å²) in [6, 6.07) is 4.51. The molecule has 1 N–H and O–H groups in total. The van der Waals surface area contributed by atoms with E-state index in [-0.39, 0.29) is 42.2 Å². The molecular formula is C16H20Cl2N2O4S2. The molecule has 1 aromatic rings. The molecular weight excluding hydrogens is 419 g/mol. The lowest BCUT2D eigenvalue weighted by atomic mass is 10.2. The second-order valence-electron chi connectivity index (χ2n) is 5.99. The molecule has 1 aliphatic heterocycles.